The van der Waals surface area contributed by atoms with Crippen molar-refractivity contribution in [3.8, 4) is 0 Å². The maximum atomic E-state index is 12.6. The normalized spacial score (nSPS) is 17.2. The van der Waals surface area contributed by atoms with Gasteiger partial charge in [-0.3, -0.25) is 9.59 Å². The Kier molecular flexibility index (Phi) is 4.42. The molecule has 1 heterocycles. The molecular weight excluding hydrogens is 252 g/mol. The van der Waals surface area contributed by atoms with E-state index in [0.717, 1.165) is 42.6 Å². The van der Waals surface area contributed by atoms with Crippen molar-refractivity contribution in [1.82, 2.24) is 5.32 Å². The highest BCUT2D eigenvalue weighted by molar-refractivity contribution is 6.06. The molecular formula is C16H22N2O2. The van der Waals surface area contributed by atoms with E-state index in [4.69, 9.17) is 0 Å². The average Bonchev–Trinajstić information content (AvgIpc) is 2.65. The number of carbonyl (C=O) groups excluding carboxylic acids is 2. The predicted octanol–water partition coefficient (Wildman–Crippen LogP) is 2.71. The molecule has 1 aliphatic rings. The molecule has 4 heteroatoms. The lowest BCUT2D eigenvalue weighted by Gasteiger charge is -2.19. The second-order valence-corrected chi connectivity index (χ2v) is 5.34. The van der Waals surface area contributed by atoms with Crippen LogP contribution in [0.1, 0.15) is 50.3 Å². The number of para-hydroxylation sites is 1. The van der Waals surface area contributed by atoms with Crippen LogP contribution >= 0.6 is 0 Å². The summed E-state index contributed by atoms with van der Waals surface area (Å²) in [5, 5.41) is 2.77. The number of amides is 2. The zero-order valence-electron chi connectivity index (χ0n) is 12.4. The Morgan fingerprint density at radius 2 is 2.10 bits per heavy atom. The zero-order chi connectivity index (χ0) is 14.7. The van der Waals surface area contributed by atoms with E-state index in [9.17, 15) is 9.59 Å². The number of carbonyl (C=O) groups is 2. The summed E-state index contributed by atoms with van der Waals surface area (Å²) in [5.41, 5.74) is 2.98. The Balaban J connectivity index is 2.31. The topological polar surface area (TPSA) is 49.4 Å². The van der Waals surface area contributed by atoms with Crippen LogP contribution in [0.4, 0.5) is 5.69 Å². The third-order valence-corrected chi connectivity index (χ3v) is 3.70. The molecule has 108 valence electrons. The first-order valence-electron chi connectivity index (χ1n) is 7.24. The molecule has 0 radical (unpaired) electrons. The van der Waals surface area contributed by atoms with Gasteiger partial charge >= 0.3 is 0 Å². The van der Waals surface area contributed by atoms with Crippen LogP contribution in [0.2, 0.25) is 0 Å². The minimum absolute atomic E-state index is 0.0133. The van der Waals surface area contributed by atoms with Crippen LogP contribution in [-0.4, -0.2) is 18.4 Å². The monoisotopic (exact) mass is 274 g/mol. The molecule has 0 bridgehead atoms. The van der Waals surface area contributed by atoms with Crippen molar-refractivity contribution in [3.63, 3.8) is 0 Å². The van der Waals surface area contributed by atoms with Crippen LogP contribution < -0.4 is 10.2 Å². The molecule has 1 aliphatic heterocycles. The van der Waals surface area contributed by atoms with Crippen molar-refractivity contribution in [1.29, 1.82) is 0 Å². The lowest BCUT2D eigenvalue weighted by molar-refractivity contribution is -0.126. The molecule has 0 unspecified atom stereocenters. The van der Waals surface area contributed by atoms with Crippen LogP contribution in [0.25, 0.3) is 0 Å². The van der Waals surface area contributed by atoms with Crippen LogP contribution in [0, 0.1) is 6.92 Å². The highest BCUT2D eigenvalue weighted by Crippen LogP contribution is 2.38. The van der Waals surface area contributed by atoms with Crippen LogP contribution in [0.3, 0.4) is 0 Å². The molecule has 0 spiro atoms. The van der Waals surface area contributed by atoms with Crippen molar-refractivity contribution in [2.24, 2.45) is 0 Å². The van der Waals surface area contributed by atoms with Crippen LogP contribution in [-0.2, 0) is 9.59 Å². The maximum absolute atomic E-state index is 12.6. The SMILES string of the molecule is CCCCCN1C(=O)[C@@H](NC(C)=O)c2cccc(C)c21. The van der Waals surface area contributed by atoms with E-state index < -0.39 is 6.04 Å². The summed E-state index contributed by atoms with van der Waals surface area (Å²) in [6.45, 7) is 6.32. The first-order valence-corrected chi connectivity index (χ1v) is 7.24. The summed E-state index contributed by atoms with van der Waals surface area (Å²) in [5.74, 6) is -0.188. The summed E-state index contributed by atoms with van der Waals surface area (Å²) in [4.78, 5) is 25.7. The summed E-state index contributed by atoms with van der Waals surface area (Å²) in [7, 11) is 0. The molecule has 0 aliphatic carbocycles. The number of nitrogens with zero attached hydrogens (tertiary/aromatic N) is 1. The van der Waals surface area contributed by atoms with Gasteiger partial charge in [-0.1, -0.05) is 38.0 Å². The van der Waals surface area contributed by atoms with E-state index in [2.05, 4.69) is 12.2 Å². The number of aryl methyl sites for hydroxylation is 1. The Labute approximate surface area is 120 Å². The van der Waals surface area contributed by atoms with Gasteiger partial charge in [-0.2, -0.15) is 0 Å². The van der Waals surface area contributed by atoms with Gasteiger partial charge in [-0.05, 0) is 18.9 Å². The van der Waals surface area contributed by atoms with Gasteiger partial charge in [-0.15, -0.1) is 0 Å². The molecule has 0 saturated carbocycles. The smallest absolute Gasteiger partial charge is 0.254 e. The van der Waals surface area contributed by atoms with E-state index in [1.54, 1.807) is 0 Å². The summed E-state index contributed by atoms with van der Waals surface area (Å²) < 4.78 is 0. The number of anilines is 1. The lowest BCUT2D eigenvalue weighted by Crippen LogP contribution is -2.37. The van der Waals surface area contributed by atoms with E-state index >= 15 is 0 Å². The molecule has 2 amide bonds. The van der Waals surface area contributed by atoms with Gasteiger partial charge in [0.25, 0.3) is 5.91 Å². The average molecular weight is 274 g/mol. The van der Waals surface area contributed by atoms with E-state index in [1.807, 2.05) is 30.0 Å². The van der Waals surface area contributed by atoms with Crippen LogP contribution in [0.15, 0.2) is 18.2 Å². The van der Waals surface area contributed by atoms with E-state index in [-0.39, 0.29) is 11.8 Å². The van der Waals surface area contributed by atoms with Gasteiger partial charge in [0.2, 0.25) is 5.91 Å². The second-order valence-electron chi connectivity index (χ2n) is 5.34. The number of nitrogens with one attached hydrogen (secondary N) is 1. The van der Waals surface area contributed by atoms with Crippen molar-refractivity contribution in [2.45, 2.75) is 46.1 Å². The molecule has 0 fully saturated rings. The number of rotatable bonds is 5. The zero-order valence-corrected chi connectivity index (χ0v) is 12.4. The molecule has 1 aromatic carbocycles. The second kappa shape index (κ2) is 6.07. The Morgan fingerprint density at radius 3 is 2.75 bits per heavy atom. The van der Waals surface area contributed by atoms with E-state index in [0.29, 0.717) is 0 Å². The third-order valence-electron chi connectivity index (χ3n) is 3.70. The summed E-state index contributed by atoms with van der Waals surface area (Å²) in [6, 6.07) is 5.35. The number of benzene rings is 1. The van der Waals surface area contributed by atoms with Crippen LogP contribution in [0.5, 0.6) is 0 Å². The van der Waals surface area contributed by atoms with Gasteiger partial charge in [0.15, 0.2) is 0 Å². The van der Waals surface area contributed by atoms with Gasteiger partial charge in [0.1, 0.15) is 6.04 Å². The number of hydrogen-bond donors (Lipinski definition) is 1. The first-order chi connectivity index (χ1) is 9.56. The van der Waals surface area contributed by atoms with Crippen molar-refractivity contribution in [2.75, 3.05) is 11.4 Å². The Hall–Kier alpha value is -1.84. The van der Waals surface area contributed by atoms with Crippen molar-refractivity contribution >= 4 is 17.5 Å². The standard InChI is InChI=1S/C16H22N2O2/c1-4-5-6-10-18-15-11(2)8-7-9-13(15)14(16(18)20)17-12(3)19/h7-9,14H,4-6,10H2,1-3H3,(H,17,19)/t14-/m0/s1. The van der Waals surface area contributed by atoms with Crippen molar-refractivity contribution in [3.05, 3.63) is 29.3 Å². The molecule has 0 aromatic heterocycles. The Morgan fingerprint density at radius 1 is 1.35 bits per heavy atom. The highest BCUT2D eigenvalue weighted by Gasteiger charge is 2.38. The molecule has 20 heavy (non-hydrogen) atoms. The minimum Gasteiger partial charge on any atom is -0.341 e. The van der Waals surface area contributed by atoms with E-state index in [1.165, 1.54) is 6.92 Å². The molecule has 1 aromatic rings. The molecule has 1 N–H and O–H groups in total. The number of fused-ring (bicyclic) bond motifs is 1. The van der Waals surface area contributed by atoms with Gasteiger partial charge in [0, 0.05) is 19.0 Å². The minimum atomic E-state index is -0.524. The lowest BCUT2D eigenvalue weighted by atomic mass is 10.1. The predicted molar refractivity (Wildman–Crippen MR) is 79.6 cm³/mol. The fourth-order valence-corrected chi connectivity index (χ4v) is 2.77. The summed E-state index contributed by atoms with van der Waals surface area (Å²) in [6.07, 6.45) is 3.22. The first kappa shape index (κ1) is 14.6. The molecule has 1 atom stereocenters. The van der Waals surface area contributed by atoms with Crippen molar-refractivity contribution < 1.29 is 9.59 Å². The third kappa shape index (κ3) is 2.69. The fourth-order valence-electron chi connectivity index (χ4n) is 2.77. The van der Waals surface area contributed by atoms with Gasteiger partial charge in [-0.25, -0.2) is 0 Å². The number of hydrogen-bond acceptors (Lipinski definition) is 2. The quantitative estimate of drug-likeness (QED) is 0.839. The number of unbranched alkanes of at least 4 members (excludes halogenated alkanes) is 2. The highest BCUT2D eigenvalue weighted by atomic mass is 16.2. The van der Waals surface area contributed by atoms with Gasteiger partial charge in [0.05, 0.1) is 5.69 Å². The fraction of sp³-hybridized carbons (Fsp3) is 0.500. The maximum Gasteiger partial charge on any atom is 0.254 e. The Bertz CT molecular complexity index is 525. The molecule has 2 rings (SSSR count). The summed E-state index contributed by atoms with van der Waals surface area (Å²) >= 11 is 0. The molecule has 0 saturated heterocycles. The molecule has 4 nitrogen and oxygen atoms in total. The largest absolute Gasteiger partial charge is 0.341 e. The van der Waals surface area contributed by atoms with Gasteiger partial charge < -0.3 is 10.2 Å².